The molecule has 1 aliphatic rings. The highest BCUT2D eigenvalue weighted by Gasteiger charge is 2.29. The number of nitrogens with one attached hydrogen (secondary N) is 1. The molecule has 0 aliphatic carbocycles. The molecule has 8 heteroatoms. The first kappa shape index (κ1) is 12.2. The van der Waals surface area contributed by atoms with Gasteiger partial charge in [-0.1, -0.05) is 6.07 Å². The van der Waals surface area contributed by atoms with E-state index in [1.165, 1.54) is 9.30 Å². The maximum Gasteiger partial charge on any atom is 0.356 e. The number of piperazine rings is 1. The number of amides is 2. The number of carboxylic acids is 1. The average molecular weight is 274 g/mol. The van der Waals surface area contributed by atoms with E-state index in [1.807, 2.05) is 0 Å². The molecular weight excluding hydrogens is 264 g/mol. The lowest BCUT2D eigenvalue weighted by Crippen LogP contribution is -2.52. The van der Waals surface area contributed by atoms with E-state index in [0.717, 1.165) is 0 Å². The quantitative estimate of drug-likeness (QED) is 0.715. The Labute approximate surface area is 112 Å². The molecule has 0 unspecified atom stereocenters. The lowest BCUT2D eigenvalue weighted by molar-refractivity contribution is -0.130. The molecule has 1 fully saturated rings. The highest BCUT2D eigenvalue weighted by Crippen LogP contribution is 2.22. The van der Waals surface area contributed by atoms with Crippen molar-refractivity contribution in [2.45, 2.75) is 0 Å². The number of aromatic carboxylic acids is 1. The van der Waals surface area contributed by atoms with Crippen molar-refractivity contribution >= 4 is 29.2 Å². The molecule has 0 spiro atoms. The number of rotatable bonds is 2. The van der Waals surface area contributed by atoms with Gasteiger partial charge in [0.05, 0.1) is 13.1 Å². The van der Waals surface area contributed by atoms with Crippen molar-refractivity contribution in [3.8, 4) is 0 Å². The van der Waals surface area contributed by atoms with E-state index in [1.54, 1.807) is 24.4 Å². The summed E-state index contributed by atoms with van der Waals surface area (Å²) < 4.78 is 1.41. The van der Waals surface area contributed by atoms with Gasteiger partial charge in [-0.2, -0.15) is 0 Å². The third kappa shape index (κ3) is 1.87. The van der Waals surface area contributed by atoms with Crippen LogP contribution in [0.2, 0.25) is 0 Å². The third-order valence-electron chi connectivity index (χ3n) is 2.96. The van der Waals surface area contributed by atoms with Crippen molar-refractivity contribution in [3.05, 3.63) is 30.1 Å². The third-order valence-corrected chi connectivity index (χ3v) is 2.96. The highest BCUT2D eigenvalue weighted by molar-refractivity contribution is 6.04. The fourth-order valence-electron chi connectivity index (χ4n) is 2.19. The molecule has 1 aliphatic heterocycles. The van der Waals surface area contributed by atoms with Crippen LogP contribution < -0.4 is 10.2 Å². The molecule has 0 radical (unpaired) electrons. The van der Waals surface area contributed by atoms with Crippen LogP contribution in [0.1, 0.15) is 10.5 Å². The number of pyridine rings is 1. The van der Waals surface area contributed by atoms with Crippen LogP contribution in [0.3, 0.4) is 0 Å². The molecule has 2 aromatic rings. The van der Waals surface area contributed by atoms with Gasteiger partial charge in [0.15, 0.2) is 11.5 Å². The van der Waals surface area contributed by atoms with Crippen molar-refractivity contribution in [1.82, 2.24) is 14.7 Å². The molecule has 2 N–H and O–H groups in total. The van der Waals surface area contributed by atoms with Crippen LogP contribution in [-0.2, 0) is 9.59 Å². The Balaban J connectivity index is 2.15. The number of fused-ring (bicyclic) bond motifs is 1. The van der Waals surface area contributed by atoms with Crippen molar-refractivity contribution in [1.29, 1.82) is 0 Å². The predicted molar refractivity (Wildman–Crippen MR) is 67.5 cm³/mol. The average Bonchev–Trinajstić information content (AvgIpc) is 2.76. The zero-order valence-corrected chi connectivity index (χ0v) is 10.2. The van der Waals surface area contributed by atoms with Gasteiger partial charge in [-0.3, -0.25) is 19.3 Å². The van der Waals surface area contributed by atoms with Gasteiger partial charge in [-0.15, -0.1) is 0 Å². The van der Waals surface area contributed by atoms with Crippen molar-refractivity contribution in [2.75, 3.05) is 18.0 Å². The van der Waals surface area contributed by atoms with E-state index in [9.17, 15) is 19.5 Å². The van der Waals surface area contributed by atoms with Crippen LogP contribution in [-0.4, -0.2) is 45.4 Å². The van der Waals surface area contributed by atoms with Crippen molar-refractivity contribution in [3.63, 3.8) is 0 Å². The maximum atomic E-state index is 11.4. The molecular formula is C12H10N4O4. The molecule has 1 saturated heterocycles. The van der Waals surface area contributed by atoms with Gasteiger partial charge in [0.1, 0.15) is 5.65 Å². The second-order valence-electron chi connectivity index (χ2n) is 4.35. The topological polar surface area (TPSA) is 104 Å². The summed E-state index contributed by atoms with van der Waals surface area (Å²) in [7, 11) is 0. The smallest absolute Gasteiger partial charge is 0.356 e. The Morgan fingerprint density at radius 1 is 1.25 bits per heavy atom. The minimum absolute atomic E-state index is 0.0666. The van der Waals surface area contributed by atoms with Crippen LogP contribution in [0.5, 0.6) is 0 Å². The van der Waals surface area contributed by atoms with Gasteiger partial charge in [0, 0.05) is 6.20 Å². The van der Waals surface area contributed by atoms with E-state index >= 15 is 0 Å². The summed E-state index contributed by atoms with van der Waals surface area (Å²) in [5, 5.41) is 11.5. The zero-order valence-electron chi connectivity index (χ0n) is 10.2. The Kier molecular flexibility index (Phi) is 2.63. The van der Waals surface area contributed by atoms with Gasteiger partial charge in [0.25, 0.3) is 0 Å². The van der Waals surface area contributed by atoms with Crippen LogP contribution >= 0.6 is 0 Å². The van der Waals surface area contributed by atoms with Gasteiger partial charge in [0.2, 0.25) is 11.8 Å². The summed E-state index contributed by atoms with van der Waals surface area (Å²) in [6.45, 7) is -0.203. The summed E-state index contributed by atoms with van der Waals surface area (Å²) in [6.07, 6.45) is 1.57. The summed E-state index contributed by atoms with van der Waals surface area (Å²) >= 11 is 0. The first-order chi connectivity index (χ1) is 9.56. The van der Waals surface area contributed by atoms with Gasteiger partial charge >= 0.3 is 5.97 Å². The first-order valence-electron chi connectivity index (χ1n) is 5.84. The fourth-order valence-corrected chi connectivity index (χ4v) is 2.19. The molecule has 102 valence electrons. The number of imidazole rings is 1. The summed E-state index contributed by atoms with van der Waals surface area (Å²) in [6, 6.07) is 5.06. The number of imide groups is 1. The molecule has 8 nitrogen and oxygen atoms in total. The number of carboxylic acid groups (broad SMARTS) is 1. The van der Waals surface area contributed by atoms with Gasteiger partial charge < -0.3 is 10.0 Å². The lowest BCUT2D eigenvalue weighted by atomic mass is 10.3. The molecule has 2 aromatic heterocycles. The SMILES string of the molecule is O=C1CN(c2nc3ccccn3c2C(=O)O)CC(=O)N1. The van der Waals surface area contributed by atoms with E-state index in [4.69, 9.17) is 0 Å². The number of hydrogen-bond donors (Lipinski definition) is 2. The second kappa shape index (κ2) is 4.34. The van der Waals surface area contributed by atoms with Crippen LogP contribution in [0.25, 0.3) is 5.65 Å². The first-order valence-corrected chi connectivity index (χ1v) is 5.84. The lowest BCUT2D eigenvalue weighted by Gasteiger charge is -2.25. The molecule has 0 bridgehead atoms. The minimum Gasteiger partial charge on any atom is -0.476 e. The number of anilines is 1. The maximum absolute atomic E-state index is 11.4. The molecule has 0 saturated carbocycles. The Bertz CT molecular complexity index is 720. The summed E-state index contributed by atoms with van der Waals surface area (Å²) in [5.41, 5.74) is 0.376. The highest BCUT2D eigenvalue weighted by atomic mass is 16.4. The number of nitrogens with zero attached hydrogens (tertiary/aromatic N) is 3. The van der Waals surface area contributed by atoms with Crippen LogP contribution in [0.4, 0.5) is 5.82 Å². The van der Waals surface area contributed by atoms with Crippen LogP contribution in [0.15, 0.2) is 24.4 Å². The Hall–Kier alpha value is -2.90. The van der Waals surface area contributed by atoms with E-state index in [2.05, 4.69) is 10.3 Å². The standard InChI is InChI=1S/C12H10N4O4/c17-8-5-15(6-9(18)14-8)11-10(12(19)20)16-4-2-1-3-7(16)13-11/h1-4H,5-6H2,(H,19,20)(H,14,17,18). The van der Waals surface area contributed by atoms with E-state index < -0.39 is 17.8 Å². The molecule has 3 heterocycles. The fraction of sp³-hybridized carbons (Fsp3) is 0.167. The molecule has 3 rings (SSSR count). The monoisotopic (exact) mass is 274 g/mol. The Morgan fingerprint density at radius 3 is 2.60 bits per heavy atom. The molecule has 20 heavy (non-hydrogen) atoms. The second-order valence-corrected chi connectivity index (χ2v) is 4.35. The number of aromatic nitrogens is 2. The largest absolute Gasteiger partial charge is 0.476 e. The predicted octanol–water partition coefficient (Wildman–Crippen LogP) is -0.505. The molecule has 2 amide bonds. The van der Waals surface area contributed by atoms with Crippen molar-refractivity contribution in [2.24, 2.45) is 0 Å². The number of carbonyl (C=O) groups excluding carboxylic acids is 2. The number of hydrogen-bond acceptors (Lipinski definition) is 5. The van der Waals surface area contributed by atoms with E-state index in [0.29, 0.717) is 5.65 Å². The van der Waals surface area contributed by atoms with Gasteiger partial charge in [-0.25, -0.2) is 9.78 Å². The van der Waals surface area contributed by atoms with Gasteiger partial charge in [-0.05, 0) is 12.1 Å². The van der Waals surface area contributed by atoms with Crippen LogP contribution in [0, 0.1) is 0 Å². The van der Waals surface area contributed by atoms with E-state index in [-0.39, 0.29) is 24.6 Å². The Morgan fingerprint density at radius 2 is 1.95 bits per heavy atom. The zero-order chi connectivity index (χ0) is 14.3. The summed E-state index contributed by atoms with van der Waals surface area (Å²) in [4.78, 5) is 39.8. The van der Waals surface area contributed by atoms with Crippen molar-refractivity contribution < 1.29 is 19.5 Å². The molecule has 0 aromatic carbocycles. The minimum atomic E-state index is -1.17. The molecule has 0 atom stereocenters. The normalized spacial score (nSPS) is 15.5. The number of carbonyl (C=O) groups is 3. The summed E-state index contributed by atoms with van der Waals surface area (Å²) in [5.74, 6) is -2.01.